The first-order valence-electron chi connectivity index (χ1n) is 3.68. The zero-order valence-electron chi connectivity index (χ0n) is 7.22. The maximum absolute atomic E-state index is 12.3. The molecular weight excluding hydrogens is 214 g/mol. The summed E-state index contributed by atoms with van der Waals surface area (Å²) in [7, 11) is 0. The smallest absolute Gasteiger partial charge is 0.266 e. The number of aromatic nitrogens is 1. The van der Waals surface area contributed by atoms with Crippen LogP contribution < -0.4 is 5.73 Å². The SMILES string of the molecule is Cc1nc(Cl)c(C(F)F)cc1C(N)=O. The van der Waals surface area contributed by atoms with E-state index in [1.807, 2.05) is 0 Å². The fourth-order valence-corrected chi connectivity index (χ4v) is 1.26. The van der Waals surface area contributed by atoms with Gasteiger partial charge in [0.15, 0.2) is 0 Å². The van der Waals surface area contributed by atoms with Crippen LogP contribution in [0, 0.1) is 6.92 Å². The van der Waals surface area contributed by atoms with E-state index in [1.54, 1.807) is 0 Å². The van der Waals surface area contributed by atoms with Crippen molar-refractivity contribution in [1.29, 1.82) is 0 Å². The van der Waals surface area contributed by atoms with Gasteiger partial charge in [-0.05, 0) is 13.0 Å². The van der Waals surface area contributed by atoms with E-state index in [0.29, 0.717) is 0 Å². The zero-order chi connectivity index (χ0) is 10.9. The monoisotopic (exact) mass is 220 g/mol. The van der Waals surface area contributed by atoms with Crippen LogP contribution in [0.15, 0.2) is 6.07 Å². The van der Waals surface area contributed by atoms with Crippen molar-refractivity contribution >= 4 is 17.5 Å². The quantitative estimate of drug-likeness (QED) is 0.776. The Morgan fingerprint density at radius 2 is 2.21 bits per heavy atom. The number of pyridine rings is 1. The normalized spacial score (nSPS) is 10.6. The summed E-state index contributed by atoms with van der Waals surface area (Å²) in [5.41, 5.74) is 4.69. The summed E-state index contributed by atoms with van der Waals surface area (Å²) in [4.78, 5) is 14.4. The van der Waals surface area contributed by atoms with Crippen molar-refractivity contribution in [1.82, 2.24) is 4.98 Å². The van der Waals surface area contributed by atoms with E-state index in [0.717, 1.165) is 6.07 Å². The number of carbonyl (C=O) groups is 1. The van der Waals surface area contributed by atoms with Gasteiger partial charge in [0, 0.05) is 0 Å². The Kier molecular flexibility index (Phi) is 3.00. The molecule has 1 aromatic rings. The number of nitrogens with two attached hydrogens (primary N) is 1. The summed E-state index contributed by atoms with van der Waals surface area (Å²) >= 11 is 5.46. The van der Waals surface area contributed by atoms with Gasteiger partial charge in [-0.1, -0.05) is 11.6 Å². The summed E-state index contributed by atoms with van der Waals surface area (Å²) in [6.45, 7) is 1.47. The van der Waals surface area contributed by atoms with Crippen molar-refractivity contribution in [2.75, 3.05) is 0 Å². The van der Waals surface area contributed by atoms with E-state index in [4.69, 9.17) is 17.3 Å². The number of primary amides is 1. The van der Waals surface area contributed by atoms with Crippen LogP contribution in [0.2, 0.25) is 5.15 Å². The number of rotatable bonds is 2. The van der Waals surface area contributed by atoms with Gasteiger partial charge in [0.25, 0.3) is 12.3 Å². The molecule has 1 aromatic heterocycles. The third kappa shape index (κ3) is 1.98. The summed E-state index contributed by atoms with van der Waals surface area (Å²) in [5, 5.41) is -0.303. The Morgan fingerprint density at radius 1 is 1.64 bits per heavy atom. The molecule has 0 saturated heterocycles. The highest BCUT2D eigenvalue weighted by Crippen LogP contribution is 2.27. The van der Waals surface area contributed by atoms with Crippen LogP contribution >= 0.6 is 11.6 Å². The van der Waals surface area contributed by atoms with Gasteiger partial charge in [-0.2, -0.15) is 0 Å². The van der Waals surface area contributed by atoms with Gasteiger partial charge in [-0.15, -0.1) is 0 Å². The number of alkyl halides is 2. The Balaban J connectivity index is 3.34. The van der Waals surface area contributed by atoms with Crippen molar-refractivity contribution in [3.63, 3.8) is 0 Å². The fourth-order valence-electron chi connectivity index (χ4n) is 0.994. The highest BCUT2D eigenvalue weighted by molar-refractivity contribution is 6.30. The van der Waals surface area contributed by atoms with Crippen molar-refractivity contribution in [2.45, 2.75) is 13.3 Å². The number of carbonyl (C=O) groups excluding carboxylic acids is 1. The Labute approximate surface area is 83.9 Å². The zero-order valence-corrected chi connectivity index (χ0v) is 7.98. The molecule has 1 amide bonds. The van der Waals surface area contributed by atoms with Gasteiger partial charge in [0.05, 0.1) is 16.8 Å². The molecule has 1 rings (SSSR count). The third-order valence-corrected chi connectivity index (χ3v) is 2.00. The first-order chi connectivity index (χ1) is 6.43. The first kappa shape index (κ1) is 10.8. The lowest BCUT2D eigenvalue weighted by Gasteiger charge is -2.06. The van der Waals surface area contributed by atoms with Gasteiger partial charge in [-0.25, -0.2) is 13.8 Å². The molecule has 2 N–H and O–H groups in total. The van der Waals surface area contributed by atoms with E-state index >= 15 is 0 Å². The van der Waals surface area contributed by atoms with Crippen LogP contribution in [0.1, 0.15) is 28.0 Å². The topological polar surface area (TPSA) is 56.0 Å². The highest BCUT2D eigenvalue weighted by Gasteiger charge is 2.17. The van der Waals surface area contributed by atoms with Gasteiger partial charge in [0.2, 0.25) is 0 Å². The van der Waals surface area contributed by atoms with Crippen molar-refractivity contribution in [2.24, 2.45) is 5.73 Å². The molecule has 0 aliphatic rings. The maximum Gasteiger partial charge on any atom is 0.266 e. The van der Waals surface area contributed by atoms with Gasteiger partial charge < -0.3 is 5.73 Å². The largest absolute Gasteiger partial charge is 0.366 e. The molecule has 0 saturated carbocycles. The summed E-state index contributed by atoms with van der Waals surface area (Å²) in [5.74, 6) is -0.798. The minimum Gasteiger partial charge on any atom is -0.366 e. The molecule has 0 aliphatic carbocycles. The molecule has 0 aromatic carbocycles. The second-order valence-corrected chi connectivity index (χ2v) is 3.02. The molecule has 0 bridgehead atoms. The fraction of sp³-hybridized carbons (Fsp3) is 0.250. The molecule has 1 heterocycles. The predicted octanol–water partition coefficient (Wildman–Crippen LogP) is 2.08. The first-order valence-corrected chi connectivity index (χ1v) is 4.06. The molecule has 6 heteroatoms. The molecule has 0 unspecified atom stereocenters. The van der Waals surface area contributed by atoms with Gasteiger partial charge in [-0.3, -0.25) is 4.79 Å². The number of halogens is 3. The van der Waals surface area contributed by atoms with Crippen molar-refractivity contribution in [3.8, 4) is 0 Å². The van der Waals surface area contributed by atoms with Crippen LogP contribution in [0.4, 0.5) is 8.78 Å². The van der Waals surface area contributed by atoms with Gasteiger partial charge in [0.1, 0.15) is 5.15 Å². The Bertz CT molecular complexity index is 382. The molecular formula is C8H7ClF2N2O. The predicted molar refractivity (Wildman–Crippen MR) is 47.5 cm³/mol. The molecule has 3 nitrogen and oxygen atoms in total. The summed E-state index contributed by atoms with van der Waals surface area (Å²) in [6, 6.07) is 0.970. The standard InChI is InChI=1S/C8H7ClF2N2O/c1-3-4(8(12)14)2-5(7(10)11)6(9)13-3/h2,7H,1H3,(H2,12,14). The number of hydrogen-bond donors (Lipinski definition) is 1. The van der Waals surface area contributed by atoms with Gasteiger partial charge >= 0.3 is 0 Å². The number of hydrogen-bond acceptors (Lipinski definition) is 2. The second kappa shape index (κ2) is 3.88. The molecule has 14 heavy (non-hydrogen) atoms. The van der Waals surface area contributed by atoms with Crippen LogP contribution in [-0.4, -0.2) is 10.9 Å². The maximum atomic E-state index is 12.3. The highest BCUT2D eigenvalue weighted by atomic mass is 35.5. The van der Waals surface area contributed by atoms with Crippen LogP contribution in [-0.2, 0) is 0 Å². The third-order valence-electron chi connectivity index (χ3n) is 1.69. The van der Waals surface area contributed by atoms with E-state index < -0.39 is 17.9 Å². The van der Waals surface area contributed by atoms with E-state index in [9.17, 15) is 13.6 Å². The molecule has 0 radical (unpaired) electrons. The molecule has 0 aliphatic heterocycles. The lowest BCUT2D eigenvalue weighted by molar-refractivity contribution is 0.0998. The van der Waals surface area contributed by atoms with Crippen LogP contribution in [0.3, 0.4) is 0 Å². The Hall–Kier alpha value is -1.23. The lowest BCUT2D eigenvalue weighted by atomic mass is 10.1. The van der Waals surface area contributed by atoms with E-state index in [2.05, 4.69) is 4.98 Å². The lowest BCUT2D eigenvalue weighted by Crippen LogP contribution is -2.14. The molecule has 0 spiro atoms. The Morgan fingerprint density at radius 3 is 2.64 bits per heavy atom. The number of amides is 1. The van der Waals surface area contributed by atoms with E-state index in [-0.39, 0.29) is 16.4 Å². The summed E-state index contributed by atoms with van der Waals surface area (Å²) in [6.07, 6.45) is -2.77. The van der Waals surface area contributed by atoms with Crippen molar-refractivity contribution in [3.05, 3.63) is 28.0 Å². The minimum atomic E-state index is -2.77. The average molecular weight is 221 g/mol. The van der Waals surface area contributed by atoms with E-state index in [1.165, 1.54) is 6.92 Å². The number of aryl methyl sites for hydroxylation is 1. The second-order valence-electron chi connectivity index (χ2n) is 2.67. The number of nitrogens with zero attached hydrogens (tertiary/aromatic N) is 1. The van der Waals surface area contributed by atoms with Crippen LogP contribution in [0.25, 0.3) is 0 Å². The van der Waals surface area contributed by atoms with Crippen molar-refractivity contribution < 1.29 is 13.6 Å². The average Bonchev–Trinajstić information content (AvgIpc) is 2.02. The summed E-state index contributed by atoms with van der Waals surface area (Å²) < 4.78 is 24.7. The minimum absolute atomic E-state index is 0.0373. The molecule has 76 valence electrons. The van der Waals surface area contributed by atoms with Crippen LogP contribution in [0.5, 0.6) is 0 Å². The molecule has 0 atom stereocenters. The molecule has 0 fully saturated rings.